The van der Waals surface area contributed by atoms with Gasteiger partial charge in [-0.1, -0.05) is 30.3 Å². The van der Waals surface area contributed by atoms with Crippen molar-refractivity contribution >= 4 is 17.9 Å². The Hall–Kier alpha value is -4.21. The van der Waals surface area contributed by atoms with Gasteiger partial charge < -0.3 is 23.9 Å². The van der Waals surface area contributed by atoms with E-state index in [0.29, 0.717) is 75.7 Å². The second-order valence-corrected chi connectivity index (χ2v) is 9.83. The quantitative estimate of drug-likeness (QED) is 0.490. The Morgan fingerprint density at radius 2 is 1.56 bits per heavy atom. The fourth-order valence-corrected chi connectivity index (χ4v) is 5.24. The fourth-order valence-electron chi connectivity index (χ4n) is 5.24. The first-order chi connectivity index (χ1) is 19.0. The van der Waals surface area contributed by atoms with Crippen molar-refractivity contribution in [1.82, 2.24) is 24.7 Å². The maximum absolute atomic E-state index is 13.5. The summed E-state index contributed by atoms with van der Waals surface area (Å²) in [6.45, 7) is 6.86. The van der Waals surface area contributed by atoms with Crippen molar-refractivity contribution in [2.24, 2.45) is 0 Å². The van der Waals surface area contributed by atoms with Gasteiger partial charge in [0.05, 0.1) is 17.9 Å². The van der Waals surface area contributed by atoms with E-state index >= 15 is 0 Å². The van der Waals surface area contributed by atoms with Crippen LogP contribution < -0.4 is 0 Å². The average molecular weight is 532 g/mol. The molecule has 0 N–H and O–H groups in total. The third-order valence-electron chi connectivity index (χ3n) is 7.36. The third-order valence-corrected chi connectivity index (χ3v) is 7.36. The maximum Gasteiger partial charge on any atom is 0.409 e. The van der Waals surface area contributed by atoms with Crippen LogP contribution in [0.4, 0.5) is 4.79 Å². The Morgan fingerprint density at radius 1 is 0.897 bits per heavy atom. The summed E-state index contributed by atoms with van der Waals surface area (Å²) in [6, 6.07) is 13.2. The topological polar surface area (TPSA) is 109 Å². The normalized spacial score (nSPS) is 16.3. The minimum atomic E-state index is -0.342. The van der Waals surface area contributed by atoms with Crippen LogP contribution in [0, 0.1) is 6.92 Å². The molecular weight excluding hydrogens is 498 g/mol. The molecule has 1 aromatic carbocycles. The highest BCUT2D eigenvalue weighted by Gasteiger charge is 2.32. The van der Waals surface area contributed by atoms with E-state index in [4.69, 9.17) is 14.1 Å². The van der Waals surface area contributed by atoms with Crippen LogP contribution in [0.5, 0.6) is 0 Å². The van der Waals surface area contributed by atoms with Crippen LogP contribution >= 0.6 is 0 Å². The molecule has 3 amide bonds. The number of ether oxygens (including phenoxy) is 1. The third kappa shape index (κ3) is 5.64. The zero-order chi connectivity index (χ0) is 27.4. The fraction of sp³-hybridized carbons (Fsp3) is 0.414. The standard InChI is InChI=1S/C29H33N5O5/c1-3-38-29(37)34-17-15-33(16-18-34)27(35)23-10-9-20(2)31-24(23)21-11-13-32(14-12-21)28(36)25-26(39-19-30-25)22-7-5-4-6-8-22/h4-10,19,21H,3,11-18H2,1-2H3. The van der Waals surface area contributed by atoms with Crippen molar-refractivity contribution in [3.05, 3.63) is 71.5 Å². The van der Waals surface area contributed by atoms with Gasteiger partial charge in [-0.25, -0.2) is 9.78 Å². The van der Waals surface area contributed by atoms with Crippen LogP contribution in [0.3, 0.4) is 0 Å². The summed E-state index contributed by atoms with van der Waals surface area (Å²) in [6.07, 6.45) is 2.35. The van der Waals surface area contributed by atoms with E-state index in [2.05, 4.69) is 4.98 Å². The molecule has 0 saturated carbocycles. The molecular formula is C29H33N5O5. The molecule has 10 heteroatoms. The minimum Gasteiger partial charge on any atom is -0.450 e. The molecule has 0 spiro atoms. The van der Waals surface area contributed by atoms with Crippen LogP contribution in [0.2, 0.25) is 0 Å². The molecule has 2 aromatic heterocycles. The Morgan fingerprint density at radius 3 is 2.26 bits per heavy atom. The highest BCUT2D eigenvalue weighted by Crippen LogP contribution is 2.32. The molecule has 5 rings (SSSR count). The lowest BCUT2D eigenvalue weighted by atomic mass is 9.89. The Labute approximate surface area is 227 Å². The van der Waals surface area contributed by atoms with Crippen LogP contribution in [-0.4, -0.2) is 88.5 Å². The van der Waals surface area contributed by atoms with Gasteiger partial charge in [-0.15, -0.1) is 0 Å². The van der Waals surface area contributed by atoms with E-state index in [-0.39, 0.29) is 23.8 Å². The second-order valence-electron chi connectivity index (χ2n) is 9.83. The van der Waals surface area contributed by atoms with Gasteiger partial charge in [0.2, 0.25) is 0 Å². The summed E-state index contributed by atoms with van der Waals surface area (Å²) in [7, 11) is 0. The molecule has 2 aliphatic heterocycles. The number of nitrogens with zero attached hydrogens (tertiary/aromatic N) is 5. The molecule has 4 heterocycles. The largest absolute Gasteiger partial charge is 0.450 e. The zero-order valence-corrected chi connectivity index (χ0v) is 22.3. The van der Waals surface area contributed by atoms with Crippen molar-refractivity contribution in [3.8, 4) is 11.3 Å². The predicted molar refractivity (Wildman–Crippen MR) is 143 cm³/mol. The van der Waals surface area contributed by atoms with Gasteiger partial charge in [0, 0.05) is 56.4 Å². The highest BCUT2D eigenvalue weighted by molar-refractivity contribution is 5.98. The van der Waals surface area contributed by atoms with Crippen molar-refractivity contribution in [2.45, 2.75) is 32.6 Å². The van der Waals surface area contributed by atoms with Crippen LogP contribution in [0.1, 0.15) is 57.9 Å². The van der Waals surface area contributed by atoms with E-state index in [0.717, 1.165) is 17.0 Å². The number of pyridine rings is 1. The molecule has 10 nitrogen and oxygen atoms in total. The van der Waals surface area contributed by atoms with Gasteiger partial charge in [0.1, 0.15) is 0 Å². The Bertz CT molecular complexity index is 1320. The summed E-state index contributed by atoms with van der Waals surface area (Å²) in [4.78, 5) is 53.1. The Balaban J connectivity index is 1.26. The number of aromatic nitrogens is 2. The lowest BCUT2D eigenvalue weighted by Gasteiger charge is -2.35. The number of carbonyl (C=O) groups excluding carboxylic acids is 3. The molecule has 39 heavy (non-hydrogen) atoms. The molecule has 0 bridgehead atoms. The SMILES string of the molecule is CCOC(=O)N1CCN(C(=O)c2ccc(C)nc2C2CCN(C(=O)c3ncoc3-c3ccccc3)CC2)CC1. The highest BCUT2D eigenvalue weighted by atomic mass is 16.6. The van der Waals surface area contributed by atoms with Crippen LogP contribution in [0.25, 0.3) is 11.3 Å². The number of amides is 3. The summed E-state index contributed by atoms with van der Waals surface area (Å²) in [5, 5.41) is 0. The average Bonchev–Trinajstić information content (AvgIpc) is 3.47. The van der Waals surface area contributed by atoms with Crippen molar-refractivity contribution in [3.63, 3.8) is 0 Å². The van der Waals surface area contributed by atoms with Crippen molar-refractivity contribution in [2.75, 3.05) is 45.9 Å². The molecule has 0 unspecified atom stereocenters. The number of oxazole rings is 1. The minimum absolute atomic E-state index is 0.0552. The molecule has 2 saturated heterocycles. The number of carbonyl (C=O) groups is 3. The molecule has 0 radical (unpaired) electrons. The number of rotatable bonds is 5. The number of aryl methyl sites for hydroxylation is 1. The summed E-state index contributed by atoms with van der Waals surface area (Å²) in [5.74, 6) is 0.294. The number of piperazine rings is 1. The molecule has 3 aromatic rings. The first-order valence-electron chi connectivity index (χ1n) is 13.4. The lowest BCUT2D eigenvalue weighted by Crippen LogP contribution is -2.51. The summed E-state index contributed by atoms with van der Waals surface area (Å²) < 4.78 is 10.6. The molecule has 0 atom stereocenters. The number of benzene rings is 1. The number of hydrogen-bond acceptors (Lipinski definition) is 7. The number of piperidine rings is 1. The van der Waals surface area contributed by atoms with Crippen LogP contribution in [0.15, 0.2) is 53.3 Å². The van der Waals surface area contributed by atoms with Gasteiger partial charge in [-0.2, -0.15) is 0 Å². The Kier molecular flexibility index (Phi) is 7.90. The van der Waals surface area contributed by atoms with E-state index in [9.17, 15) is 14.4 Å². The van der Waals surface area contributed by atoms with E-state index < -0.39 is 0 Å². The molecule has 204 valence electrons. The van der Waals surface area contributed by atoms with Gasteiger partial charge in [0.25, 0.3) is 11.8 Å². The van der Waals surface area contributed by atoms with E-state index in [1.165, 1.54) is 6.39 Å². The maximum atomic E-state index is 13.5. The predicted octanol–water partition coefficient (Wildman–Crippen LogP) is 3.98. The summed E-state index contributed by atoms with van der Waals surface area (Å²) >= 11 is 0. The first kappa shape index (κ1) is 26.4. The first-order valence-corrected chi connectivity index (χ1v) is 13.4. The van der Waals surface area contributed by atoms with Crippen molar-refractivity contribution in [1.29, 1.82) is 0 Å². The van der Waals surface area contributed by atoms with Gasteiger partial charge in [-0.05, 0) is 38.8 Å². The van der Waals surface area contributed by atoms with E-state index in [1.807, 2.05) is 49.4 Å². The second kappa shape index (κ2) is 11.7. The smallest absolute Gasteiger partial charge is 0.409 e. The molecule has 0 aliphatic carbocycles. The van der Waals surface area contributed by atoms with Gasteiger partial charge in [-0.3, -0.25) is 14.6 Å². The summed E-state index contributed by atoms with van der Waals surface area (Å²) in [5.41, 5.74) is 3.35. The molecule has 2 fully saturated rings. The van der Waals surface area contributed by atoms with Crippen LogP contribution in [-0.2, 0) is 4.74 Å². The number of hydrogen-bond donors (Lipinski definition) is 0. The van der Waals surface area contributed by atoms with Crippen molar-refractivity contribution < 1.29 is 23.5 Å². The lowest BCUT2D eigenvalue weighted by molar-refractivity contribution is 0.0567. The number of likely N-dealkylation sites (tertiary alicyclic amines) is 1. The molecule has 2 aliphatic rings. The monoisotopic (exact) mass is 531 g/mol. The van der Waals surface area contributed by atoms with Gasteiger partial charge in [0.15, 0.2) is 17.8 Å². The zero-order valence-electron chi connectivity index (χ0n) is 22.3. The van der Waals surface area contributed by atoms with E-state index in [1.54, 1.807) is 21.6 Å². The van der Waals surface area contributed by atoms with Gasteiger partial charge >= 0.3 is 6.09 Å².